The Balaban J connectivity index is 1.19. The van der Waals surface area contributed by atoms with Crippen LogP contribution in [-0.4, -0.2) is 52.4 Å². The van der Waals surface area contributed by atoms with Gasteiger partial charge in [-0.15, -0.1) is 0 Å². The number of likely N-dealkylation sites (tertiary alicyclic amines) is 1. The lowest BCUT2D eigenvalue weighted by Crippen LogP contribution is -2.40. The molecular formula is C31H38Cl2N6O3. The van der Waals surface area contributed by atoms with E-state index in [1.807, 2.05) is 13.1 Å². The van der Waals surface area contributed by atoms with Gasteiger partial charge in [-0.2, -0.15) is 5.10 Å². The van der Waals surface area contributed by atoms with Crippen LogP contribution in [0.1, 0.15) is 61.5 Å². The molecule has 0 aliphatic carbocycles. The molecule has 2 N–H and O–H groups in total. The van der Waals surface area contributed by atoms with Gasteiger partial charge in [-0.1, -0.05) is 50.0 Å². The number of hydrogen-bond donors (Lipinski definition) is 2. The first-order valence-corrected chi connectivity index (χ1v) is 15.1. The normalized spacial score (nSPS) is 15.8. The number of carbonyl (C=O) groups excluding carboxylic acids is 2. The second-order valence-corrected chi connectivity index (χ2v) is 13.1. The summed E-state index contributed by atoms with van der Waals surface area (Å²) < 4.78 is 7.40. The maximum atomic E-state index is 13.8. The third kappa shape index (κ3) is 7.19. The monoisotopic (exact) mass is 612 g/mol. The Kier molecular flexibility index (Phi) is 9.01. The van der Waals surface area contributed by atoms with Crippen LogP contribution in [0.5, 0.6) is 0 Å². The van der Waals surface area contributed by atoms with E-state index in [0.29, 0.717) is 44.5 Å². The van der Waals surface area contributed by atoms with Gasteiger partial charge in [0.15, 0.2) is 0 Å². The van der Waals surface area contributed by atoms with E-state index in [-0.39, 0.29) is 18.6 Å². The number of rotatable bonds is 6. The summed E-state index contributed by atoms with van der Waals surface area (Å²) >= 11 is 12.9. The van der Waals surface area contributed by atoms with Crippen molar-refractivity contribution < 1.29 is 14.3 Å². The molecule has 3 aromatic rings. The lowest BCUT2D eigenvalue weighted by molar-refractivity contribution is 0.0479. The van der Waals surface area contributed by atoms with E-state index in [9.17, 15) is 9.59 Å². The third-order valence-electron chi connectivity index (χ3n) is 7.80. The maximum Gasteiger partial charge on any atom is 0.407 e. The Morgan fingerprint density at radius 2 is 1.88 bits per heavy atom. The Bertz CT molecular complexity index is 1460. The summed E-state index contributed by atoms with van der Waals surface area (Å²) in [5, 5.41) is 11.4. The Morgan fingerprint density at radius 3 is 2.60 bits per heavy atom. The number of fused-ring (bicyclic) bond motifs is 2. The predicted molar refractivity (Wildman–Crippen MR) is 167 cm³/mol. The highest BCUT2D eigenvalue weighted by molar-refractivity contribution is 6.32. The number of carbonyl (C=O) groups is 2. The highest BCUT2D eigenvalue weighted by Crippen LogP contribution is 2.38. The largest absolute Gasteiger partial charge is 0.446 e. The fourth-order valence-electron chi connectivity index (χ4n) is 5.25. The average molecular weight is 614 g/mol. The number of benzene rings is 2. The van der Waals surface area contributed by atoms with Gasteiger partial charge in [0.2, 0.25) is 0 Å². The fourth-order valence-corrected chi connectivity index (χ4v) is 5.67. The van der Waals surface area contributed by atoms with Crippen LogP contribution in [0.2, 0.25) is 10.0 Å². The number of anilines is 3. The standard InChI is InChI=1S/C31H38Cl2N6O3/c1-31(2,3)11-14-38-12-9-24(10-13-38)42-30(41)34-17-21-6-5-20(15-25(21)33)29(40)39-19-22-18-35-37(4)28(22)36-26-16-23(32)7-8-27(26)39/h5-8,15-16,18,24,36H,9-14,17,19H2,1-4H3,(H,34,41). The van der Waals surface area contributed by atoms with E-state index in [1.165, 1.54) is 0 Å². The predicted octanol–water partition coefficient (Wildman–Crippen LogP) is 6.76. The van der Waals surface area contributed by atoms with Crippen LogP contribution in [0.15, 0.2) is 42.6 Å². The summed E-state index contributed by atoms with van der Waals surface area (Å²) in [5.74, 6) is 0.581. The molecule has 3 heterocycles. The minimum atomic E-state index is -0.459. The van der Waals surface area contributed by atoms with Gasteiger partial charge >= 0.3 is 6.09 Å². The summed E-state index contributed by atoms with van der Waals surface area (Å²) in [7, 11) is 1.84. The average Bonchev–Trinajstić information content (AvgIpc) is 3.19. The molecule has 5 rings (SSSR count). The van der Waals surface area contributed by atoms with Crippen LogP contribution in [0.4, 0.5) is 22.0 Å². The van der Waals surface area contributed by atoms with Crippen molar-refractivity contribution in [1.29, 1.82) is 0 Å². The second kappa shape index (κ2) is 12.5. The van der Waals surface area contributed by atoms with E-state index < -0.39 is 6.09 Å². The van der Waals surface area contributed by atoms with Crippen molar-refractivity contribution in [3.8, 4) is 0 Å². The van der Waals surface area contributed by atoms with Crippen LogP contribution in [0.25, 0.3) is 0 Å². The molecule has 0 bridgehead atoms. The van der Waals surface area contributed by atoms with Gasteiger partial charge in [0.05, 0.1) is 24.1 Å². The first kappa shape index (κ1) is 30.2. The number of amides is 2. The SMILES string of the molecule is Cn1ncc2c1Nc1cc(Cl)ccc1N(C(=O)c1ccc(CNC(=O)OC3CCN(CCC(C)(C)C)CC3)c(Cl)c1)C2. The molecule has 2 aromatic carbocycles. The van der Waals surface area contributed by atoms with E-state index in [4.69, 9.17) is 27.9 Å². The second-order valence-electron chi connectivity index (χ2n) is 12.2. The van der Waals surface area contributed by atoms with Crippen LogP contribution in [0.3, 0.4) is 0 Å². The topological polar surface area (TPSA) is 91.7 Å². The molecule has 0 radical (unpaired) electrons. The highest BCUT2D eigenvalue weighted by atomic mass is 35.5. The maximum absolute atomic E-state index is 13.8. The molecule has 1 saturated heterocycles. The Morgan fingerprint density at radius 1 is 1.12 bits per heavy atom. The van der Waals surface area contributed by atoms with Gasteiger partial charge in [-0.05, 0) is 67.1 Å². The molecule has 0 saturated carbocycles. The molecule has 2 aliphatic heterocycles. The van der Waals surface area contributed by atoms with E-state index >= 15 is 0 Å². The van der Waals surface area contributed by atoms with Crippen molar-refractivity contribution in [2.45, 2.75) is 59.2 Å². The van der Waals surface area contributed by atoms with Gasteiger partial charge in [-0.25, -0.2) is 4.79 Å². The summed E-state index contributed by atoms with van der Waals surface area (Å²) in [6.07, 6.45) is 4.00. The number of piperidine rings is 1. The van der Waals surface area contributed by atoms with E-state index in [1.54, 1.807) is 46.1 Å². The first-order chi connectivity index (χ1) is 20.0. The first-order valence-electron chi connectivity index (χ1n) is 14.3. The van der Waals surface area contributed by atoms with E-state index in [2.05, 4.69) is 41.4 Å². The van der Waals surface area contributed by atoms with Gasteiger partial charge < -0.3 is 25.2 Å². The molecule has 0 unspecified atom stereocenters. The van der Waals surface area contributed by atoms with E-state index in [0.717, 1.165) is 50.3 Å². The molecule has 42 heavy (non-hydrogen) atoms. The summed E-state index contributed by atoms with van der Waals surface area (Å²) in [5.41, 5.74) is 3.72. The van der Waals surface area contributed by atoms with Crippen molar-refractivity contribution in [2.24, 2.45) is 12.5 Å². The number of nitrogens with zero attached hydrogens (tertiary/aromatic N) is 4. The molecule has 11 heteroatoms. The minimum Gasteiger partial charge on any atom is -0.446 e. The molecule has 2 amide bonds. The number of aryl methyl sites for hydroxylation is 1. The molecule has 0 spiro atoms. The van der Waals surface area contributed by atoms with Crippen LogP contribution >= 0.6 is 23.2 Å². The lowest BCUT2D eigenvalue weighted by Gasteiger charge is -2.33. The minimum absolute atomic E-state index is 0.0902. The molecule has 0 atom stereocenters. The molecule has 1 fully saturated rings. The number of halogens is 2. The van der Waals surface area contributed by atoms with Crippen molar-refractivity contribution >= 4 is 52.4 Å². The molecule has 9 nitrogen and oxygen atoms in total. The quantitative estimate of drug-likeness (QED) is 0.319. The number of aromatic nitrogens is 2. The molecule has 224 valence electrons. The zero-order chi connectivity index (χ0) is 30.0. The van der Waals surface area contributed by atoms with Crippen molar-refractivity contribution in [3.05, 3.63) is 69.3 Å². The van der Waals surface area contributed by atoms with Crippen LogP contribution in [0, 0.1) is 5.41 Å². The van der Waals surface area contributed by atoms with Gasteiger partial charge in [0, 0.05) is 47.9 Å². The fraction of sp³-hybridized carbons (Fsp3) is 0.452. The van der Waals surface area contributed by atoms with Crippen molar-refractivity contribution in [2.75, 3.05) is 29.9 Å². The number of hydrogen-bond acceptors (Lipinski definition) is 6. The van der Waals surface area contributed by atoms with Crippen molar-refractivity contribution in [3.63, 3.8) is 0 Å². The number of ether oxygens (including phenoxy) is 1. The van der Waals surface area contributed by atoms with Gasteiger partial charge in [0.25, 0.3) is 5.91 Å². The summed E-state index contributed by atoms with van der Waals surface area (Å²) in [6.45, 7) is 10.2. The lowest BCUT2D eigenvalue weighted by atomic mass is 9.91. The summed E-state index contributed by atoms with van der Waals surface area (Å²) in [6, 6.07) is 10.5. The zero-order valence-corrected chi connectivity index (χ0v) is 26.1. The van der Waals surface area contributed by atoms with Crippen molar-refractivity contribution in [1.82, 2.24) is 20.0 Å². The van der Waals surface area contributed by atoms with Crippen LogP contribution in [-0.2, 0) is 24.9 Å². The Labute approximate surface area is 257 Å². The van der Waals surface area contributed by atoms with Gasteiger partial charge in [0.1, 0.15) is 11.9 Å². The summed E-state index contributed by atoms with van der Waals surface area (Å²) in [4.78, 5) is 30.4. The molecule has 2 aliphatic rings. The molecule has 1 aromatic heterocycles. The molecular weight excluding hydrogens is 575 g/mol. The number of nitrogens with one attached hydrogen (secondary N) is 2. The zero-order valence-electron chi connectivity index (χ0n) is 24.5. The van der Waals surface area contributed by atoms with Crippen LogP contribution < -0.4 is 15.5 Å². The highest BCUT2D eigenvalue weighted by Gasteiger charge is 2.28. The Hall–Kier alpha value is -3.27. The van der Waals surface area contributed by atoms with Gasteiger partial charge in [-0.3, -0.25) is 9.48 Å². The smallest absolute Gasteiger partial charge is 0.407 e. The number of alkyl carbamates (subject to hydrolysis) is 1. The third-order valence-corrected chi connectivity index (χ3v) is 8.39.